The Hall–Kier alpha value is -2.47. The van der Waals surface area contributed by atoms with Crippen molar-refractivity contribution in [2.45, 2.75) is 19.9 Å². The minimum atomic E-state index is -0.400. The van der Waals surface area contributed by atoms with Crippen LogP contribution in [0, 0.1) is 19.7 Å². The number of hydrogen-bond acceptors (Lipinski definition) is 4. The fourth-order valence-corrected chi connectivity index (χ4v) is 3.66. The van der Waals surface area contributed by atoms with Crippen molar-refractivity contribution in [1.82, 2.24) is 14.8 Å². The first-order valence-electron chi connectivity index (χ1n) is 9.26. The number of aryl methyl sites for hydroxylation is 2. The molecular formula is C21H27FN4O. The molecular weight excluding hydrogens is 343 g/mol. The maximum absolute atomic E-state index is 13.2. The number of nitrogens with zero attached hydrogens (tertiary/aromatic N) is 4. The van der Waals surface area contributed by atoms with Crippen molar-refractivity contribution < 1.29 is 9.18 Å². The predicted molar refractivity (Wildman–Crippen MR) is 105 cm³/mol. The number of rotatable bonds is 4. The Bertz CT molecular complexity index is 778. The number of carbonyl (C=O) groups excluding carboxylic acids is 1. The molecule has 1 aliphatic rings. The van der Waals surface area contributed by atoms with Crippen LogP contribution in [0.3, 0.4) is 0 Å². The Labute approximate surface area is 160 Å². The number of amides is 1. The Morgan fingerprint density at radius 1 is 1.04 bits per heavy atom. The van der Waals surface area contributed by atoms with E-state index in [2.05, 4.69) is 22.0 Å². The highest BCUT2D eigenvalue weighted by Gasteiger charge is 2.30. The second-order valence-electron chi connectivity index (χ2n) is 7.34. The number of carbonyl (C=O) groups is 1. The van der Waals surface area contributed by atoms with Crippen LogP contribution in [-0.4, -0.2) is 61.0 Å². The monoisotopic (exact) mass is 370 g/mol. The number of hydrogen-bond donors (Lipinski definition) is 0. The average Bonchev–Trinajstić information content (AvgIpc) is 2.62. The summed E-state index contributed by atoms with van der Waals surface area (Å²) >= 11 is 0. The van der Waals surface area contributed by atoms with Gasteiger partial charge in [-0.05, 0) is 57.8 Å². The van der Waals surface area contributed by atoms with Gasteiger partial charge in [-0.3, -0.25) is 14.7 Å². The summed E-state index contributed by atoms with van der Waals surface area (Å²) in [6, 6.07) is 9.98. The number of likely N-dealkylation sites (N-methyl/N-ethyl adjacent to an activating group) is 1. The highest BCUT2D eigenvalue weighted by atomic mass is 19.1. The molecule has 1 saturated heterocycles. The van der Waals surface area contributed by atoms with E-state index >= 15 is 0 Å². The largest absolute Gasteiger partial charge is 0.368 e. The molecule has 3 rings (SSSR count). The minimum Gasteiger partial charge on any atom is -0.368 e. The summed E-state index contributed by atoms with van der Waals surface area (Å²) in [5.74, 6) is -0.228. The van der Waals surface area contributed by atoms with E-state index in [1.807, 2.05) is 37.7 Å². The van der Waals surface area contributed by atoms with Gasteiger partial charge in [0.1, 0.15) is 11.9 Å². The molecule has 27 heavy (non-hydrogen) atoms. The maximum atomic E-state index is 13.2. The zero-order chi connectivity index (χ0) is 19.6. The molecule has 1 aromatic carbocycles. The van der Waals surface area contributed by atoms with E-state index in [-0.39, 0.29) is 11.7 Å². The second-order valence-corrected chi connectivity index (χ2v) is 7.34. The van der Waals surface area contributed by atoms with E-state index in [1.54, 1.807) is 12.1 Å². The Balaban J connectivity index is 1.70. The molecule has 0 bridgehead atoms. The molecule has 0 saturated carbocycles. The Kier molecular flexibility index (Phi) is 5.75. The van der Waals surface area contributed by atoms with Crippen LogP contribution in [0.5, 0.6) is 0 Å². The molecule has 1 aliphatic heterocycles. The molecule has 0 aliphatic carbocycles. The maximum Gasteiger partial charge on any atom is 0.244 e. The quantitative estimate of drug-likeness (QED) is 0.830. The third-order valence-electron chi connectivity index (χ3n) is 4.96. The van der Waals surface area contributed by atoms with Crippen molar-refractivity contribution in [3.63, 3.8) is 0 Å². The van der Waals surface area contributed by atoms with Crippen LogP contribution in [0.1, 0.15) is 23.0 Å². The second kappa shape index (κ2) is 8.05. The summed E-state index contributed by atoms with van der Waals surface area (Å²) in [7, 11) is 3.76. The Morgan fingerprint density at radius 3 is 2.11 bits per heavy atom. The van der Waals surface area contributed by atoms with E-state index in [9.17, 15) is 9.18 Å². The summed E-state index contributed by atoms with van der Waals surface area (Å²) < 4.78 is 13.2. The highest BCUT2D eigenvalue weighted by Crippen LogP contribution is 2.24. The van der Waals surface area contributed by atoms with Crippen molar-refractivity contribution in [3.05, 3.63) is 59.2 Å². The molecule has 0 unspecified atom stereocenters. The van der Waals surface area contributed by atoms with Gasteiger partial charge < -0.3 is 9.80 Å². The molecule has 1 atom stereocenters. The molecule has 1 amide bonds. The third kappa shape index (κ3) is 4.45. The van der Waals surface area contributed by atoms with Gasteiger partial charge in [0.2, 0.25) is 5.91 Å². The Morgan fingerprint density at radius 2 is 1.59 bits per heavy atom. The van der Waals surface area contributed by atoms with Gasteiger partial charge in [-0.15, -0.1) is 0 Å². The zero-order valence-corrected chi connectivity index (χ0v) is 16.4. The van der Waals surface area contributed by atoms with Crippen LogP contribution in [0.2, 0.25) is 0 Å². The van der Waals surface area contributed by atoms with Gasteiger partial charge in [0.25, 0.3) is 0 Å². The topological polar surface area (TPSA) is 39.7 Å². The number of aromatic nitrogens is 1. The number of piperazine rings is 1. The highest BCUT2D eigenvalue weighted by molar-refractivity contribution is 5.83. The van der Waals surface area contributed by atoms with Gasteiger partial charge in [0, 0.05) is 43.3 Å². The third-order valence-corrected chi connectivity index (χ3v) is 4.96. The van der Waals surface area contributed by atoms with Crippen molar-refractivity contribution in [1.29, 1.82) is 0 Å². The van der Waals surface area contributed by atoms with Gasteiger partial charge in [-0.25, -0.2) is 4.39 Å². The van der Waals surface area contributed by atoms with Crippen LogP contribution in [0.4, 0.5) is 10.1 Å². The lowest BCUT2D eigenvalue weighted by Crippen LogP contribution is -2.51. The lowest BCUT2D eigenvalue weighted by Gasteiger charge is -2.38. The van der Waals surface area contributed by atoms with Crippen molar-refractivity contribution in [3.8, 4) is 0 Å². The van der Waals surface area contributed by atoms with Gasteiger partial charge >= 0.3 is 0 Å². The van der Waals surface area contributed by atoms with Crippen LogP contribution < -0.4 is 4.90 Å². The molecule has 1 aromatic heterocycles. The zero-order valence-electron chi connectivity index (χ0n) is 16.4. The van der Waals surface area contributed by atoms with E-state index in [1.165, 1.54) is 12.1 Å². The van der Waals surface area contributed by atoms with Crippen molar-refractivity contribution in [2.75, 3.05) is 45.2 Å². The van der Waals surface area contributed by atoms with Gasteiger partial charge in [0.15, 0.2) is 0 Å². The van der Waals surface area contributed by atoms with E-state index in [4.69, 9.17) is 0 Å². The van der Waals surface area contributed by atoms with Crippen molar-refractivity contribution in [2.24, 2.45) is 0 Å². The number of anilines is 1. The summed E-state index contributed by atoms with van der Waals surface area (Å²) in [6.07, 6.45) is 0. The molecule has 144 valence electrons. The normalized spacial score (nSPS) is 15.9. The molecule has 6 heteroatoms. The van der Waals surface area contributed by atoms with E-state index < -0.39 is 6.04 Å². The predicted octanol–water partition coefficient (Wildman–Crippen LogP) is 2.79. The summed E-state index contributed by atoms with van der Waals surface area (Å²) in [5.41, 5.74) is 3.99. The molecule has 0 spiro atoms. The lowest BCUT2D eigenvalue weighted by molar-refractivity contribution is -0.136. The standard InChI is InChI=1S/C21H27FN4O/c1-15-13-19(14-16(2)23-15)25-9-11-26(12-10-25)21(27)20(24(3)4)17-5-7-18(22)8-6-17/h5-8,13-14,20H,9-12H2,1-4H3/t20-/m0/s1. The number of benzene rings is 1. The van der Waals surface area contributed by atoms with Gasteiger partial charge in [-0.2, -0.15) is 0 Å². The molecule has 2 heterocycles. The SMILES string of the molecule is Cc1cc(N2CCN(C(=O)[C@H](c3ccc(F)cc3)N(C)C)CC2)cc(C)n1. The van der Waals surface area contributed by atoms with Crippen LogP contribution >= 0.6 is 0 Å². The molecule has 0 radical (unpaired) electrons. The fraction of sp³-hybridized carbons (Fsp3) is 0.429. The number of halogens is 1. The molecule has 5 nitrogen and oxygen atoms in total. The average molecular weight is 370 g/mol. The van der Waals surface area contributed by atoms with Crippen LogP contribution in [0.15, 0.2) is 36.4 Å². The molecule has 1 fully saturated rings. The van der Waals surface area contributed by atoms with Crippen LogP contribution in [0.25, 0.3) is 0 Å². The first kappa shape index (κ1) is 19.3. The van der Waals surface area contributed by atoms with Gasteiger partial charge in [0.05, 0.1) is 0 Å². The lowest BCUT2D eigenvalue weighted by atomic mass is 10.0. The summed E-state index contributed by atoms with van der Waals surface area (Å²) in [5, 5.41) is 0. The van der Waals surface area contributed by atoms with E-state index in [0.29, 0.717) is 13.1 Å². The van der Waals surface area contributed by atoms with Crippen molar-refractivity contribution >= 4 is 11.6 Å². The molecule has 0 N–H and O–H groups in total. The van der Waals surface area contributed by atoms with Crippen LogP contribution in [-0.2, 0) is 4.79 Å². The molecule has 2 aromatic rings. The first-order chi connectivity index (χ1) is 12.8. The van der Waals surface area contributed by atoms with E-state index in [0.717, 1.165) is 35.7 Å². The minimum absolute atomic E-state index is 0.0633. The summed E-state index contributed by atoms with van der Waals surface area (Å²) in [4.78, 5) is 23.7. The smallest absolute Gasteiger partial charge is 0.244 e. The summed E-state index contributed by atoms with van der Waals surface area (Å²) in [6.45, 7) is 6.92. The fourth-order valence-electron chi connectivity index (χ4n) is 3.66. The van der Waals surface area contributed by atoms with Gasteiger partial charge in [-0.1, -0.05) is 12.1 Å². The number of pyridine rings is 1. The first-order valence-corrected chi connectivity index (χ1v) is 9.26.